The van der Waals surface area contributed by atoms with Crippen molar-refractivity contribution in [3.8, 4) is 16.9 Å². The molecule has 37 heavy (non-hydrogen) atoms. The van der Waals surface area contributed by atoms with Gasteiger partial charge in [0.15, 0.2) is 0 Å². The average molecular weight is 513 g/mol. The molecule has 0 radical (unpaired) electrons. The summed E-state index contributed by atoms with van der Waals surface area (Å²) >= 11 is 0. The third-order valence-electron chi connectivity index (χ3n) is 6.92. The van der Waals surface area contributed by atoms with Gasteiger partial charge >= 0.3 is 5.97 Å². The SMILES string of the molecule is C=CCO.CCCCCC1CCC(COc2ccc(-c3ccc(CCCOC(C)=O)cc3)c(F)c2)CC1. The predicted octanol–water partition coefficient (Wildman–Crippen LogP) is 7.92. The molecular formula is C32H45FO4. The summed E-state index contributed by atoms with van der Waals surface area (Å²) in [5, 5.41) is 7.76. The third-order valence-corrected chi connectivity index (χ3v) is 6.92. The second-order valence-corrected chi connectivity index (χ2v) is 9.95. The van der Waals surface area contributed by atoms with Gasteiger partial charge in [-0.15, -0.1) is 6.58 Å². The summed E-state index contributed by atoms with van der Waals surface area (Å²) in [7, 11) is 0. The molecule has 2 aromatic rings. The molecule has 0 saturated heterocycles. The number of halogens is 1. The summed E-state index contributed by atoms with van der Waals surface area (Å²) in [6.07, 6.45) is 13.5. The lowest BCUT2D eigenvalue weighted by atomic mass is 9.80. The van der Waals surface area contributed by atoms with Crippen LogP contribution in [-0.4, -0.2) is 30.9 Å². The molecule has 1 aliphatic rings. The molecule has 0 atom stereocenters. The summed E-state index contributed by atoms with van der Waals surface area (Å²) in [5.41, 5.74) is 2.58. The average Bonchev–Trinajstić information content (AvgIpc) is 2.91. The molecule has 0 amide bonds. The van der Waals surface area contributed by atoms with Crippen molar-refractivity contribution in [1.29, 1.82) is 0 Å². The molecule has 0 aliphatic heterocycles. The first-order valence-corrected chi connectivity index (χ1v) is 13.8. The standard InChI is InChI=1S/C29H39FO3.C3H6O/c1-3-4-5-7-23-9-11-25(12-10-23)21-33-27-17-18-28(29(30)20-27)26-15-13-24(14-16-26)8-6-19-32-22(2)31;1-2-3-4/h13-18,20,23,25H,3-12,19,21H2,1-2H3;2,4H,1,3H2. The van der Waals surface area contributed by atoms with E-state index in [-0.39, 0.29) is 18.4 Å². The molecule has 0 aromatic heterocycles. The molecule has 0 heterocycles. The van der Waals surface area contributed by atoms with Crippen molar-refractivity contribution < 1.29 is 23.8 Å². The number of benzene rings is 2. The van der Waals surface area contributed by atoms with Crippen molar-refractivity contribution in [2.75, 3.05) is 19.8 Å². The third kappa shape index (κ3) is 12.0. The molecule has 0 spiro atoms. The second-order valence-electron chi connectivity index (χ2n) is 9.95. The highest BCUT2D eigenvalue weighted by molar-refractivity contribution is 5.66. The number of hydrogen-bond donors (Lipinski definition) is 1. The van der Waals surface area contributed by atoms with Crippen molar-refractivity contribution in [3.63, 3.8) is 0 Å². The van der Waals surface area contributed by atoms with E-state index in [0.29, 0.717) is 30.4 Å². The Balaban J connectivity index is 0.00000112. The minimum Gasteiger partial charge on any atom is -0.493 e. The Morgan fingerprint density at radius 1 is 1.05 bits per heavy atom. The molecule has 0 bridgehead atoms. The lowest BCUT2D eigenvalue weighted by molar-refractivity contribution is -0.141. The summed E-state index contributed by atoms with van der Waals surface area (Å²) in [4.78, 5) is 10.8. The fourth-order valence-electron chi connectivity index (χ4n) is 4.75. The first-order chi connectivity index (χ1) is 18.0. The maximum atomic E-state index is 14.8. The number of esters is 1. The van der Waals surface area contributed by atoms with Crippen LogP contribution in [0.2, 0.25) is 0 Å². The summed E-state index contributed by atoms with van der Waals surface area (Å²) in [5.74, 6) is 1.59. The molecular weight excluding hydrogens is 467 g/mol. The van der Waals surface area contributed by atoms with Crippen LogP contribution in [0.4, 0.5) is 4.39 Å². The van der Waals surface area contributed by atoms with Gasteiger partial charge in [0.05, 0.1) is 19.8 Å². The fourth-order valence-corrected chi connectivity index (χ4v) is 4.75. The van der Waals surface area contributed by atoms with Gasteiger partial charge in [0.1, 0.15) is 11.6 Å². The second kappa shape index (κ2) is 17.7. The zero-order chi connectivity index (χ0) is 26.9. The van der Waals surface area contributed by atoms with E-state index < -0.39 is 0 Å². The van der Waals surface area contributed by atoms with Crippen LogP contribution in [0.1, 0.15) is 77.2 Å². The van der Waals surface area contributed by atoms with Gasteiger partial charge in [-0.25, -0.2) is 4.39 Å². The molecule has 4 nitrogen and oxygen atoms in total. The number of carbonyl (C=O) groups excluding carboxylic acids is 1. The summed E-state index contributed by atoms with van der Waals surface area (Å²) in [6.45, 7) is 8.10. The summed E-state index contributed by atoms with van der Waals surface area (Å²) < 4.78 is 25.7. The van der Waals surface area contributed by atoms with Gasteiger partial charge in [-0.2, -0.15) is 0 Å². The van der Waals surface area contributed by atoms with Gasteiger partial charge in [-0.3, -0.25) is 4.79 Å². The lowest BCUT2D eigenvalue weighted by Crippen LogP contribution is -2.20. The van der Waals surface area contributed by atoms with E-state index in [4.69, 9.17) is 14.6 Å². The molecule has 1 N–H and O–H groups in total. The maximum Gasteiger partial charge on any atom is 0.302 e. The Hall–Kier alpha value is -2.66. The van der Waals surface area contributed by atoms with Crippen LogP contribution in [-0.2, 0) is 16.0 Å². The van der Waals surface area contributed by atoms with Crippen molar-refractivity contribution in [2.45, 2.75) is 78.1 Å². The van der Waals surface area contributed by atoms with Gasteiger partial charge < -0.3 is 14.6 Å². The van der Waals surface area contributed by atoms with E-state index in [1.165, 1.54) is 70.4 Å². The van der Waals surface area contributed by atoms with Crippen LogP contribution in [0, 0.1) is 17.7 Å². The van der Waals surface area contributed by atoms with Crippen molar-refractivity contribution in [2.24, 2.45) is 11.8 Å². The van der Waals surface area contributed by atoms with Gasteiger partial charge in [0.2, 0.25) is 0 Å². The Morgan fingerprint density at radius 3 is 2.32 bits per heavy atom. The van der Waals surface area contributed by atoms with Gasteiger partial charge in [-0.1, -0.05) is 75.8 Å². The Morgan fingerprint density at radius 2 is 1.73 bits per heavy atom. The first-order valence-electron chi connectivity index (χ1n) is 13.8. The monoisotopic (exact) mass is 512 g/mol. The molecule has 1 fully saturated rings. The minimum absolute atomic E-state index is 0.0833. The van der Waals surface area contributed by atoms with Crippen LogP contribution >= 0.6 is 0 Å². The highest BCUT2D eigenvalue weighted by Gasteiger charge is 2.21. The van der Waals surface area contributed by atoms with Gasteiger partial charge in [-0.05, 0) is 60.8 Å². The number of ether oxygens (including phenoxy) is 2. The van der Waals surface area contributed by atoms with Crippen molar-refractivity contribution >= 4 is 5.97 Å². The van der Waals surface area contributed by atoms with E-state index >= 15 is 0 Å². The zero-order valence-corrected chi connectivity index (χ0v) is 22.7. The summed E-state index contributed by atoms with van der Waals surface area (Å²) in [6, 6.07) is 13.1. The number of rotatable bonds is 13. The van der Waals surface area contributed by atoms with E-state index in [1.54, 1.807) is 0 Å². The molecule has 0 unspecified atom stereocenters. The number of unbranched alkanes of at least 4 members (excludes halogenated alkanes) is 2. The van der Waals surface area contributed by atoms with E-state index in [9.17, 15) is 9.18 Å². The van der Waals surface area contributed by atoms with Crippen LogP contribution < -0.4 is 4.74 Å². The van der Waals surface area contributed by atoms with Gasteiger partial charge in [0.25, 0.3) is 0 Å². The number of aliphatic hydroxyl groups excluding tert-OH is 1. The maximum absolute atomic E-state index is 14.8. The Bertz CT molecular complexity index is 917. The van der Waals surface area contributed by atoms with Crippen LogP contribution in [0.5, 0.6) is 5.75 Å². The Kier molecular flexibility index (Phi) is 14.7. The molecule has 5 heteroatoms. The molecule has 1 aliphatic carbocycles. The smallest absolute Gasteiger partial charge is 0.302 e. The highest BCUT2D eigenvalue weighted by Crippen LogP contribution is 2.33. The van der Waals surface area contributed by atoms with Crippen molar-refractivity contribution in [3.05, 3.63) is 66.5 Å². The number of carbonyl (C=O) groups is 1. The van der Waals surface area contributed by atoms with Crippen LogP contribution in [0.15, 0.2) is 55.1 Å². The van der Waals surface area contributed by atoms with Crippen LogP contribution in [0.3, 0.4) is 0 Å². The van der Waals surface area contributed by atoms with E-state index in [2.05, 4.69) is 13.5 Å². The number of hydrogen-bond acceptors (Lipinski definition) is 4. The van der Waals surface area contributed by atoms with E-state index in [1.807, 2.05) is 36.4 Å². The number of aryl methyl sites for hydroxylation is 1. The zero-order valence-electron chi connectivity index (χ0n) is 22.7. The lowest BCUT2D eigenvalue weighted by Gasteiger charge is -2.28. The van der Waals surface area contributed by atoms with Crippen LogP contribution in [0.25, 0.3) is 11.1 Å². The predicted molar refractivity (Wildman–Crippen MR) is 149 cm³/mol. The molecule has 3 rings (SSSR count). The molecule has 1 saturated carbocycles. The van der Waals surface area contributed by atoms with Gasteiger partial charge in [0, 0.05) is 18.6 Å². The Labute approximate surface area is 222 Å². The van der Waals surface area contributed by atoms with E-state index in [0.717, 1.165) is 29.9 Å². The van der Waals surface area contributed by atoms with Crippen molar-refractivity contribution in [1.82, 2.24) is 0 Å². The first kappa shape index (κ1) is 30.6. The highest BCUT2D eigenvalue weighted by atomic mass is 19.1. The fraction of sp³-hybridized carbons (Fsp3) is 0.531. The molecule has 2 aromatic carbocycles. The minimum atomic E-state index is -0.255. The normalized spacial score (nSPS) is 16.9. The molecule has 204 valence electrons. The largest absolute Gasteiger partial charge is 0.493 e. The topological polar surface area (TPSA) is 55.8 Å². The quantitative estimate of drug-likeness (QED) is 0.168. The number of aliphatic hydroxyl groups is 1.